The normalized spacial score (nSPS) is 16.7. The number of aromatic nitrogens is 2. The standard InChI is InChI=1S/C22H30BN7O2/c23-19-16-25-21(28-20(19)24-7-4-8-29-11-13-32-14-12-29)26-17-5-3-6-18(15-17)27-22(31)30-9-1-2-10-30/h3,5-6,15-16H,1-2,4,7-14H2,(H,27,31)(H2,24,25,26,28). The van der Waals surface area contributed by atoms with Crippen LogP contribution in [0, 0.1) is 0 Å². The van der Waals surface area contributed by atoms with E-state index in [2.05, 4.69) is 30.8 Å². The van der Waals surface area contributed by atoms with Gasteiger partial charge in [0.1, 0.15) is 13.7 Å². The average Bonchev–Trinajstić information content (AvgIpc) is 3.35. The number of hydrogen-bond acceptors (Lipinski definition) is 7. The Labute approximate surface area is 190 Å². The molecular formula is C22H30BN7O2. The number of ether oxygens (including phenoxy) is 1. The third-order valence-corrected chi connectivity index (χ3v) is 5.63. The number of carbonyl (C=O) groups excluding carboxylic acids is 1. The smallest absolute Gasteiger partial charge is 0.321 e. The van der Waals surface area contributed by atoms with Gasteiger partial charge in [-0.1, -0.05) is 6.07 Å². The molecule has 10 heteroatoms. The number of urea groups is 1. The van der Waals surface area contributed by atoms with Crippen molar-refractivity contribution in [2.45, 2.75) is 19.3 Å². The van der Waals surface area contributed by atoms with E-state index in [1.54, 1.807) is 6.20 Å². The number of rotatable bonds is 8. The Hall–Kier alpha value is -2.85. The monoisotopic (exact) mass is 435 g/mol. The second-order valence-electron chi connectivity index (χ2n) is 8.06. The highest BCUT2D eigenvalue weighted by Gasteiger charge is 2.17. The lowest BCUT2D eigenvalue weighted by atomic mass is 9.99. The molecule has 0 saturated carbocycles. The fraction of sp³-hybridized carbons (Fsp3) is 0.500. The quantitative estimate of drug-likeness (QED) is 0.430. The molecule has 1 aromatic heterocycles. The lowest BCUT2D eigenvalue weighted by Gasteiger charge is -2.26. The maximum absolute atomic E-state index is 12.3. The number of amides is 2. The number of morpholine rings is 1. The Morgan fingerprint density at radius 1 is 1.12 bits per heavy atom. The van der Waals surface area contributed by atoms with Gasteiger partial charge in [-0.25, -0.2) is 9.78 Å². The molecule has 32 heavy (non-hydrogen) atoms. The van der Waals surface area contributed by atoms with Gasteiger partial charge in [-0.15, -0.1) is 0 Å². The van der Waals surface area contributed by atoms with Gasteiger partial charge in [0.25, 0.3) is 0 Å². The van der Waals surface area contributed by atoms with Crippen molar-refractivity contribution in [1.29, 1.82) is 0 Å². The van der Waals surface area contributed by atoms with Crippen molar-refractivity contribution in [3.63, 3.8) is 0 Å². The fourth-order valence-electron chi connectivity index (χ4n) is 3.85. The largest absolute Gasteiger partial charge is 0.379 e. The van der Waals surface area contributed by atoms with Crippen LogP contribution in [0.4, 0.5) is 27.9 Å². The number of anilines is 4. The Bertz CT molecular complexity index is 902. The predicted octanol–water partition coefficient (Wildman–Crippen LogP) is 1.78. The molecule has 0 aliphatic carbocycles. The van der Waals surface area contributed by atoms with Gasteiger partial charge >= 0.3 is 6.03 Å². The van der Waals surface area contributed by atoms with E-state index in [4.69, 9.17) is 12.6 Å². The Morgan fingerprint density at radius 3 is 2.72 bits per heavy atom. The minimum Gasteiger partial charge on any atom is -0.379 e. The molecule has 2 aliphatic heterocycles. The number of likely N-dealkylation sites (tertiary alicyclic amines) is 1. The number of nitrogens with one attached hydrogen (secondary N) is 3. The highest BCUT2D eigenvalue weighted by atomic mass is 16.5. The maximum Gasteiger partial charge on any atom is 0.321 e. The van der Waals surface area contributed by atoms with Crippen molar-refractivity contribution in [3.05, 3.63) is 30.5 Å². The second-order valence-corrected chi connectivity index (χ2v) is 8.06. The third kappa shape index (κ3) is 6.33. The molecule has 9 nitrogen and oxygen atoms in total. The summed E-state index contributed by atoms with van der Waals surface area (Å²) in [5.74, 6) is 1.06. The van der Waals surface area contributed by atoms with Crippen LogP contribution in [0.3, 0.4) is 0 Å². The summed E-state index contributed by atoms with van der Waals surface area (Å²) in [6.07, 6.45) is 4.71. The number of carbonyl (C=O) groups is 1. The highest BCUT2D eigenvalue weighted by Crippen LogP contribution is 2.19. The molecule has 2 radical (unpaired) electrons. The Balaban J connectivity index is 1.30. The highest BCUT2D eigenvalue weighted by molar-refractivity contribution is 6.35. The average molecular weight is 435 g/mol. The first-order valence-electron chi connectivity index (χ1n) is 11.3. The van der Waals surface area contributed by atoms with E-state index in [-0.39, 0.29) is 6.03 Å². The van der Waals surface area contributed by atoms with Crippen LogP contribution in [0.25, 0.3) is 0 Å². The summed E-state index contributed by atoms with van der Waals surface area (Å²) < 4.78 is 5.38. The Morgan fingerprint density at radius 2 is 1.91 bits per heavy atom. The molecule has 0 unspecified atom stereocenters. The van der Waals surface area contributed by atoms with Gasteiger partial charge in [-0.05, 0) is 49.5 Å². The molecule has 2 amide bonds. The molecule has 2 aliphatic rings. The van der Waals surface area contributed by atoms with E-state index < -0.39 is 0 Å². The van der Waals surface area contributed by atoms with Crippen LogP contribution in [0.15, 0.2) is 30.5 Å². The van der Waals surface area contributed by atoms with E-state index in [1.807, 2.05) is 29.2 Å². The Kier molecular flexibility index (Phi) is 7.79. The van der Waals surface area contributed by atoms with Crippen LogP contribution in [-0.4, -0.2) is 86.1 Å². The molecule has 4 rings (SSSR count). The first-order valence-corrected chi connectivity index (χ1v) is 11.3. The van der Waals surface area contributed by atoms with Gasteiger partial charge in [-0.2, -0.15) is 4.98 Å². The van der Waals surface area contributed by atoms with Gasteiger partial charge in [0, 0.05) is 50.3 Å². The number of benzene rings is 1. The summed E-state index contributed by atoms with van der Waals surface area (Å²) in [5, 5.41) is 9.46. The van der Waals surface area contributed by atoms with Crippen LogP contribution in [0.5, 0.6) is 0 Å². The van der Waals surface area contributed by atoms with Gasteiger partial charge in [0.05, 0.1) is 13.2 Å². The third-order valence-electron chi connectivity index (χ3n) is 5.63. The first-order chi connectivity index (χ1) is 15.7. The number of hydrogen-bond donors (Lipinski definition) is 3. The van der Waals surface area contributed by atoms with Crippen molar-refractivity contribution in [3.8, 4) is 0 Å². The zero-order valence-corrected chi connectivity index (χ0v) is 18.3. The lowest BCUT2D eigenvalue weighted by molar-refractivity contribution is 0.0378. The molecule has 1 aromatic carbocycles. The van der Waals surface area contributed by atoms with E-state index >= 15 is 0 Å². The summed E-state index contributed by atoms with van der Waals surface area (Å²) in [7, 11) is 6.05. The molecule has 168 valence electrons. The van der Waals surface area contributed by atoms with Gasteiger partial charge in [0.2, 0.25) is 5.95 Å². The summed E-state index contributed by atoms with van der Waals surface area (Å²) in [6.45, 7) is 7.01. The predicted molar refractivity (Wildman–Crippen MR) is 127 cm³/mol. The number of nitrogens with zero attached hydrogens (tertiary/aromatic N) is 4. The van der Waals surface area contributed by atoms with E-state index in [0.29, 0.717) is 17.2 Å². The maximum atomic E-state index is 12.3. The fourth-order valence-corrected chi connectivity index (χ4v) is 3.85. The summed E-state index contributed by atoms with van der Waals surface area (Å²) in [6, 6.07) is 7.45. The topological polar surface area (TPSA) is 94.7 Å². The SMILES string of the molecule is [B]c1cnc(Nc2cccc(NC(=O)N3CCCC3)c2)nc1NCCCN1CCOCC1. The van der Waals surface area contributed by atoms with Crippen LogP contribution < -0.4 is 21.4 Å². The molecule has 2 aromatic rings. The van der Waals surface area contributed by atoms with E-state index in [1.165, 1.54) is 0 Å². The molecule has 2 fully saturated rings. The van der Waals surface area contributed by atoms with Crippen LogP contribution in [0.2, 0.25) is 0 Å². The molecule has 0 atom stereocenters. The molecular weight excluding hydrogens is 405 g/mol. The first kappa shape index (κ1) is 22.4. The van der Waals surface area contributed by atoms with Gasteiger partial charge in [-0.3, -0.25) is 4.90 Å². The van der Waals surface area contributed by atoms with Gasteiger partial charge < -0.3 is 25.6 Å². The molecule has 3 N–H and O–H groups in total. The molecule has 0 spiro atoms. The van der Waals surface area contributed by atoms with E-state index in [0.717, 1.165) is 83.1 Å². The van der Waals surface area contributed by atoms with Crippen molar-refractivity contribution < 1.29 is 9.53 Å². The summed E-state index contributed by atoms with van der Waals surface area (Å²) >= 11 is 0. The van der Waals surface area contributed by atoms with Crippen LogP contribution >= 0.6 is 0 Å². The van der Waals surface area contributed by atoms with E-state index in [9.17, 15) is 4.79 Å². The second kappa shape index (κ2) is 11.1. The lowest BCUT2D eigenvalue weighted by Crippen LogP contribution is -2.37. The van der Waals surface area contributed by atoms with Crippen molar-refractivity contribution in [1.82, 2.24) is 19.8 Å². The zero-order valence-electron chi connectivity index (χ0n) is 18.3. The minimum atomic E-state index is -0.0630. The van der Waals surface area contributed by atoms with Crippen LogP contribution in [-0.2, 0) is 4.74 Å². The van der Waals surface area contributed by atoms with Crippen molar-refractivity contribution >= 4 is 42.5 Å². The molecule has 2 saturated heterocycles. The summed E-state index contributed by atoms with van der Waals surface area (Å²) in [5.41, 5.74) is 2.02. The van der Waals surface area contributed by atoms with Gasteiger partial charge in [0.15, 0.2) is 0 Å². The molecule has 0 bridgehead atoms. The summed E-state index contributed by atoms with van der Waals surface area (Å²) in [4.78, 5) is 25.4. The zero-order chi connectivity index (χ0) is 22.2. The van der Waals surface area contributed by atoms with Crippen molar-refractivity contribution in [2.24, 2.45) is 0 Å². The van der Waals surface area contributed by atoms with Crippen LogP contribution in [0.1, 0.15) is 19.3 Å². The minimum absolute atomic E-state index is 0.0630. The molecule has 3 heterocycles. The van der Waals surface area contributed by atoms with Crippen molar-refractivity contribution in [2.75, 3.05) is 68.4 Å².